The molecule has 7 heteroatoms. The lowest BCUT2D eigenvalue weighted by atomic mass is 9.98. The highest BCUT2D eigenvalue weighted by Gasteiger charge is 2.55. The molecule has 1 aromatic rings. The van der Waals surface area contributed by atoms with E-state index in [0.29, 0.717) is 19.5 Å². The van der Waals surface area contributed by atoms with Crippen molar-refractivity contribution in [3.05, 3.63) is 17.5 Å². The van der Waals surface area contributed by atoms with Crippen LogP contribution in [0.1, 0.15) is 31.7 Å². The molecule has 0 radical (unpaired) electrons. The van der Waals surface area contributed by atoms with E-state index in [4.69, 9.17) is 4.52 Å². The van der Waals surface area contributed by atoms with Gasteiger partial charge in [-0.2, -0.15) is 0 Å². The molecule has 2 aliphatic rings. The maximum absolute atomic E-state index is 12.6. The van der Waals surface area contributed by atoms with Crippen molar-refractivity contribution >= 4 is 11.9 Å². The van der Waals surface area contributed by atoms with E-state index in [2.05, 4.69) is 15.4 Å². The Morgan fingerprint density at radius 1 is 1.48 bits per heavy atom. The van der Waals surface area contributed by atoms with E-state index < -0.39 is 5.54 Å². The maximum Gasteiger partial charge on any atom is 0.325 e. The minimum Gasteiger partial charge on any atom is -0.361 e. The van der Waals surface area contributed by atoms with Gasteiger partial charge in [0.1, 0.15) is 11.3 Å². The highest BCUT2D eigenvalue weighted by molar-refractivity contribution is 6.07. The lowest BCUT2D eigenvalue weighted by Crippen LogP contribution is -2.49. The third-order valence-corrected chi connectivity index (χ3v) is 4.12. The van der Waals surface area contributed by atoms with Crippen LogP contribution in [0.2, 0.25) is 0 Å². The van der Waals surface area contributed by atoms with Crippen LogP contribution in [-0.4, -0.2) is 51.6 Å². The number of rotatable bonds is 3. The molecule has 21 heavy (non-hydrogen) atoms. The van der Waals surface area contributed by atoms with Crippen molar-refractivity contribution in [3.63, 3.8) is 0 Å². The van der Waals surface area contributed by atoms with Crippen molar-refractivity contribution in [2.45, 2.75) is 45.3 Å². The number of likely N-dealkylation sites (tertiary alicyclic amines) is 1. The summed E-state index contributed by atoms with van der Waals surface area (Å²) in [6.07, 6.45) is 0.637. The summed E-state index contributed by atoms with van der Waals surface area (Å²) >= 11 is 0. The zero-order valence-corrected chi connectivity index (χ0v) is 12.5. The third-order valence-electron chi connectivity index (χ3n) is 4.12. The first kappa shape index (κ1) is 14.1. The molecule has 0 bridgehead atoms. The number of nitrogens with zero attached hydrogens (tertiary/aromatic N) is 3. The molecule has 0 saturated carbocycles. The van der Waals surface area contributed by atoms with E-state index in [9.17, 15) is 9.59 Å². The molecule has 3 amide bonds. The molecular formula is C14H20N4O3. The van der Waals surface area contributed by atoms with Crippen LogP contribution in [-0.2, 0) is 11.3 Å². The molecule has 114 valence electrons. The predicted molar refractivity (Wildman–Crippen MR) is 74.4 cm³/mol. The van der Waals surface area contributed by atoms with Crippen molar-refractivity contribution < 1.29 is 14.1 Å². The number of hydrogen-bond acceptors (Lipinski definition) is 5. The monoisotopic (exact) mass is 292 g/mol. The van der Waals surface area contributed by atoms with Gasteiger partial charge in [0.2, 0.25) is 0 Å². The Morgan fingerprint density at radius 3 is 2.81 bits per heavy atom. The number of hydrogen-bond donors (Lipinski definition) is 1. The molecule has 1 atom stereocenters. The van der Waals surface area contributed by atoms with Crippen LogP contribution in [0.5, 0.6) is 0 Å². The van der Waals surface area contributed by atoms with Gasteiger partial charge in [-0.3, -0.25) is 14.6 Å². The van der Waals surface area contributed by atoms with Crippen LogP contribution < -0.4 is 5.32 Å². The fourth-order valence-corrected chi connectivity index (χ4v) is 3.13. The van der Waals surface area contributed by atoms with Crippen LogP contribution in [0, 0.1) is 6.92 Å². The summed E-state index contributed by atoms with van der Waals surface area (Å²) < 4.78 is 5.06. The van der Waals surface area contributed by atoms with Gasteiger partial charge in [-0.1, -0.05) is 5.16 Å². The fraction of sp³-hybridized carbons (Fsp3) is 0.643. The normalized spacial score (nSPS) is 26.4. The van der Waals surface area contributed by atoms with Gasteiger partial charge in [0.05, 0.1) is 5.69 Å². The number of carbonyl (C=O) groups is 2. The van der Waals surface area contributed by atoms with Gasteiger partial charge in [-0.25, -0.2) is 4.79 Å². The summed E-state index contributed by atoms with van der Waals surface area (Å²) in [5.41, 5.74) is 0.0854. The number of nitrogens with one attached hydrogen (secondary N) is 1. The van der Waals surface area contributed by atoms with Gasteiger partial charge in [0.15, 0.2) is 0 Å². The Labute approximate surface area is 123 Å². The Bertz CT molecular complexity index is 583. The molecule has 2 saturated heterocycles. The molecule has 2 aliphatic heterocycles. The van der Waals surface area contributed by atoms with E-state index >= 15 is 0 Å². The minimum atomic E-state index is -0.764. The molecule has 2 fully saturated rings. The Morgan fingerprint density at radius 2 is 2.24 bits per heavy atom. The van der Waals surface area contributed by atoms with E-state index in [0.717, 1.165) is 18.0 Å². The molecule has 3 rings (SSSR count). The molecule has 1 N–H and O–H groups in total. The zero-order valence-electron chi connectivity index (χ0n) is 12.5. The summed E-state index contributed by atoms with van der Waals surface area (Å²) in [5.74, 6) is 0.663. The molecule has 0 unspecified atom stereocenters. The summed E-state index contributed by atoms with van der Waals surface area (Å²) in [6, 6.07) is 1.48. The summed E-state index contributed by atoms with van der Waals surface area (Å²) in [4.78, 5) is 28.0. The van der Waals surface area contributed by atoms with Crippen LogP contribution in [0.15, 0.2) is 10.6 Å². The lowest BCUT2D eigenvalue weighted by Gasteiger charge is -2.22. The van der Waals surface area contributed by atoms with Gasteiger partial charge in [-0.05, 0) is 27.2 Å². The molecule has 3 heterocycles. The van der Waals surface area contributed by atoms with Gasteiger partial charge >= 0.3 is 6.03 Å². The maximum atomic E-state index is 12.6. The average Bonchev–Trinajstić information content (AvgIpc) is 3.03. The van der Waals surface area contributed by atoms with Gasteiger partial charge in [-0.15, -0.1) is 0 Å². The summed E-state index contributed by atoms with van der Waals surface area (Å²) in [6.45, 7) is 7.45. The summed E-state index contributed by atoms with van der Waals surface area (Å²) in [5, 5.41) is 6.86. The topological polar surface area (TPSA) is 78.7 Å². The van der Waals surface area contributed by atoms with E-state index in [-0.39, 0.29) is 18.0 Å². The van der Waals surface area contributed by atoms with Gasteiger partial charge in [0, 0.05) is 31.7 Å². The zero-order chi connectivity index (χ0) is 15.2. The second-order valence-electron chi connectivity index (χ2n) is 6.17. The predicted octanol–water partition coefficient (Wildman–Crippen LogP) is 0.888. The first-order valence-corrected chi connectivity index (χ1v) is 7.22. The van der Waals surface area contributed by atoms with Crippen molar-refractivity contribution in [3.8, 4) is 0 Å². The fourth-order valence-electron chi connectivity index (χ4n) is 3.13. The Balaban J connectivity index is 1.71. The standard InChI is InChI=1S/C14H20N4O3/c1-9(2)18-12(19)14(15-13(18)20)4-5-17(8-14)7-11-6-10(3)21-16-11/h6,9H,4-5,7-8H2,1-3H3,(H,15,20)/t14-/m0/s1. The Hall–Kier alpha value is -1.89. The van der Waals surface area contributed by atoms with Gasteiger partial charge < -0.3 is 9.84 Å². The van der Waals surface area contributed by atoms with Crippen LogP contribution in [0.25, 0.3) is 0 Å². The van der Waals surface area contributed by atoms with Crippen molar-refractivity contribution in [2.24, 2.45) is 0 Å². The van der Waals surface area contributed by atoms with Crippen LogP contribution >= 0.6 is 0 Å². The first-order chi connectivity index (χ1) is 9.91. The molecular weight excluding hydrogens is 272 g/mol. The van der Waals surface area contributed by atoms with E-state index in [1.165, 1.54) is 4.90 Å². The third kappa shape index (κ3) is 2.31. The molecule has 7 nitrogen and oxygen atoms in total. The largest absolute Gasteiger partial charge is 0.361 e. The SMILES string of the molecule is Cc1cc(CN2CC[C@@]3(C2)NC(=O)N(C(C)C)C3=O)no1. The second kappa shape index (κ2) is 4.84. The average molecular weight is 292 g/mol. The lowest BCUT2D eigenvalue weighted by molar-refractivity contribution is -0.132. The number of amides is 3. The highest BCUT2D eigenvalue weighted by atomic mass is 16.5. The van der Waals surface area contributed by atoms with Crippen LogP contribution in [0.4, 0.5) is 4.79 Å². The number of carbonyl (C=O) groups excluding carboxylic acids is 2. The number of imide groups is 1. The smallest absolute Gasteiger partial charge is 0.325 e. The number of urea groups is 1. The van der Waals surface area contributed by atoms with E-state index in [1.54, 1.807) is 0 Å². The van der Waals surface area contributed by atoms with Crippen molar-refractivity contribution in [2.75, 3.05) is 13.1 Å². The second-order valence-corrected chi connectivity index (χ2v) is 6.17. The van der Waals surface area contributed by atoms with Crippen molar-refractivity contribution in [1.82, 2.24) is 20.3 Å². The van der Waals surface area contributed by atoms with Crippen LogP contribution in [0.3, 0.4) is 0 Å². The molecule has 0 aliphatic carbocycles. The minimum absolute atomic E-state index is 0.110. The molecule has 1 aromatic heterocycles. The number of aromatic nitrogens is 1. The molecule has 0 aromatic carbocycles. The van der Waals surface area contributed by atoms with E-state index in [1.807, 2.05) is 26.8 Å². The quantitative estimate of drug-likeness (QED) is 0.837. The highest BCUT2D eigenvalue weighted by Crippen LogP contribution is 2.30. The summed E-state index contributed by atoms with van der Waals surface area (Å²) in [7, 11) is 0. The first-order valence-electron chi connectivity index (χ1n) is 7.22. The van der Waals surface area contributed by atoms with Gasteiger partial charge in [0.25, 0.3) is 5.91 Å². The van der Waals surface area contributed by atoms with Crippen molar-refractivity contribution in [1.29, 1.82) is 0 Å². The molecule has 1 spiro atoms. The number of aryl methyl sites for hydroxylation is 1. The Kier molecular flexibility index (Phi) is 3.24.